The van der Waals surface area contributed by atoms with Gasteiger partial charge in [0.25, 0.3) is 0 Å². The minimum absolute atomic E-state index is 0. The highest BCUT2D eigenvalue weighted by Crippen LogP contribution is 2.18. The Bertz CT molecular complexity index is 603. The fraction of sp³-hybridized carbons (Fsp3) is 0.842. The molecule has 2 fully saturated rings. The van der Waals surface area contributed by atoms with Gasteiger partial charge in [-0.15, -0.1) is 24.0 Å². The Morgan fingerprint density at radius 1 is 1.29 bits per heavy atom. The first-order valence-corrected chi connectivity index (χ1v) is 10.3. The van der Waals surface area contributed by atoms with E-state index in [1.165, 1.54) is 13.0 Å². The average Bonchev–Trinajstić information content (AvgIpc) is 3.32. The van der Waals surface area contributed by atoms with E-state index in [9.17, 15) is 0 Å². The van der Waals surface area contributed by atoms with E-state index in [2.05, 4.69) is 46.0 Å². The quantitative estimate of drug-likeness (QED) is 0.344. The average molecular weight is 506 g/mol. The predicted molar refractivity (Wildman–Crippen MR) is 120 cm³/mol. The summed E-state index contributed by atoms with van der Waals surface area (Å²) in [5, 5.41) is 7.45. The highest BCUT2D eigenvalue weighted by atomic mass is 127. The molecule has 1 unspecified atom stereocenters. The van der Waals surface area contributed by atoms with E-state index >= 15 is 0 Å². The second kappa shape index (κ2) is 11.9. The van der Waals surface area contributed by atoms with Gasteiger partial charge in [-0.3, -0.25) is 9.89 Å². The molecule has 9 heteroatoms. The van der Waals surface area contributed by atoms with Crippen LogP contribution in [0.25, 0.3) is 0 Å². The number of nitrogens with one attached hydrogen (secondary N) is 1. The van der Waals surface area contributed by atoms with E-state index in [-0.39, 0.29) is 29.9 Å². The van der Waals surface area contributed by atoms with Crippen LogP contribution in [-0.4, -0.2) is 84.9 Å². The van der Waals surface area contributed by atoms with Gasteiger partial charge >= 0.3 is 0 Å². The number of aromatic nitrogens is 2. The van der Waals surface area contributed by atoms with Crippen molar-refractivity contribution in [2.75, 3.05) is 59.0 Å². The lowest BCUT2D eigenvalue weighted by atomic mass is 10.1. The molecule has 0 aromatic carbocycles. The van der Waals surface area contributed by atoms with Crippen LogP contribution in [-0.2, 0) is 11.2 Å². The van der Waals surface area contributed by atoms with E-state index in [1.54, 1.807) is 0 Å². The zero-order valence-corrected chi connectivity index (χ0v) is 19.7. The largest absolute Gasteiger partial charge is 0.379 e. The number of hydrogen-bond donors (Lipinski definition) is 1. The maximum Gasteiger partial charge on any atom is 0.228 e. The van der Waals surface area contributed by atoms with Crippen molar-refractivity contribution in [1.29, 1.82) is 0 Å². The van der Waals surface area contributed by atoms with E-state index in [0.717, 1.165) is 57.7 Å². The zero-order valence-electron chi connectivity index (χ0n) is 17.4. The summed E-state index contributed by atoms with van der Waals surface area (Å²) in [7, 11) is 0. The van der Waals surface area contributed by atoms with Crippen LogP contribution < -0.4 is 5.32 Å². The maximum atomic E-state index is 5.45. The monoisotopic (exact) mass is 506 g/mol. The molecule has 1 aromatic rings. The highest BCUT2D eigenvalue weighted by Gasteiger charge is 2.27. The van der Waals surface area contributed by atoms with Gasteiger partial charge in [-0.25, -0.2) is 0 Å². The zero-order chi connectivity index (χ0) is 19.1. The Kier molecular flexibility index (Phi) is 9.93. The van der Waals surface area contributed by atoms with Gasteiger partial charge < -0.3 is 19.5 Å². The van der Waals surface area contributed by atoms with Crippen molar-refractivity contribution >= 4 is 29.9 Å². The molecule has 0 spiro atoms. The summed E-state index contributed by atoms with van der Waals surface area (Å²) in [4.78, 5) is 14.1. The number of hydrogen-bond acceptors (Lipinski definition) is 6. The van der Waals surface area contributed by atoms with Crippen LogP contribution in [0, 0.1) is 5.92 Å². The lowest BCUT2D eigenvalue weighted by Crippen LogP contribution is -2.42. The van der Waals surface area contributed by atoms with E-state index in [4.69, 9.17) is 14.3 Å². The summed E-state index contributed by atoms with van der Waals surface area (Å²) in [5.41, 5.74) is 0. The van der Waals surface area contributed by atoms with Gasteiger partial charge in [0.2, 0.25) is 5.89 Å². The number of likely N-dealkylation sites (tertiary alicyclic amines) is 1. The minimum Gasteiger partial charge on any atom is -0.379 e. The van der Waals surface area contributed by atoms with E-state index < -0.39 is 0 Å². The molecule has 2 aliphatic rings. The summed E-state index contributed by atoms with van der Waals surface area (Å²) in [6.45, 7) is 15.0. The fourth-order valence-corrected chi connectivity index (χ4v) is 3.61. The number of aliphatic imine (C=N–C) groups is 1. The SMILES string of the molecule is CCNC(=NCCc1nc(C(C)C)no1)N1CCC(CN2CCOCC2)C1.I. The summed E-state index contributed by atoms with van der Waals surface area (Å²) in [6.07, 6.45) is 1.91. The molecule has 2 aliphatic heterocycles. The van der Waals surface area contributed by atoms with Gasteiger partial charge in [-0.05, 0) is 19.3 Å². The molecule has 1 atom stereocenters. The highest BCUT2D eigenvalue weighted by molar-refractivity contribution is 14.0. The van der Waals surface area contributed by atoms with Crippen molar-refractivity contribution in [3.8, 4) is 0 Å². The van der Waals surface area contributed by atoms with Crippen LogP contribution in [0.1, 0.15) is 44.8 Å². The second-order valence-corrected chi connectivity index (χ2v) is 7.70. The van der Waals surface area contributed by atoms with Gasteiger partial charge in [0.1, 0.15) is 0 Å². The molecular formula is C19H35IN6O2. The van der Waals surface area contributed by atoms with Crippen molar-refractivity contribution in [3.63, 3.8) is 0 Å². The summed E-state index contributed by atoms with van der Waals surface area (Å²) >= 11 is 0. The molecule has 160 valence electrons. The molecule has 0 bridgehead atoms. The standard InChI is InChI=1S/C19H34N6O2.HI/c1-4-20-19(21-7-5-17-22-18(15(2)3)23-27-17)25-8-6-16(14-25)13-24-9-11-26-12-10-24;/h15-16H,4-14H2,1-3H3,(H,20,21);1H. The Balaban J connectivity index is 0.00000280. The third-order valence-electron chi connectivity index (χ3n) is 5.13. The molecule has 2 saturated heterocycles. The Labute approximate surface area is 185 Å². The normalized spacial score (nSPS) is 21.2. The first-order chi connectivity index (χ1) is 13.2. The first-order valence-electron chi connectivity index (χ1n) is 10.3. The fourth-order valence-electron chi connectivity index (χ4n) is 3.61. The molecule has 0 aliphatic carbocycles. The summed E-state index contributed by atoms with van der Waals surface area (Å²) in [6, 6.07) is 0. The van der Waals surface area contributed by atoms with Crippen LogP contribution >= 0.6 is 24.0 Å². The van der Waals surface area contributed by atoms with Gasteiger partial charge in [-0.1, -0.05) is 19.0 Å². The number of morpholine rings is 1. The predicted octanol–water partition coefficient (Wildman–Crippen LogP) is 1.97. The number of ether oxygens (including phenoxy) is 1. The van der Waals surface area contributed by atoms with Crippen LogP contribution in [0.3, 0.4) is 0 Å². The van der Waals surface area contributed by atoms with Gasteiger partial charge in [0.05, 0.1) is 19.8 Å². The molecule has 0 amide bonds. The first kappa shape index (κ1) is 23.3. The second-order valence-electron chi connectivity index (χ2n) is 7.70. The van der Waals surface area contributed by atoms with Crippen molar-refractivity contribution in [2.45, 2.75) is 39.5 Å². The third kappa shape index (κ3) is 6.84. The van der Waals surface area contributed by atoms with Crippen molar-refractivity contribution in [3.05, 3.63) is 11.7 Å². The molecule has 1 N–H and O–H groups in total. The Morgan fingerprint density at radius 3 is 2.75 bits per heavy atom. The number of rotatable bonds is 7. The van der Waals surface area contributed by atoms with Gasteiger partial charge in [0.15, 0.2) is 11.8 Å². The van der Waals surface area contributed by atoms with Crippen LogP contribution in [0.4, 0.5) is 0 Å². The smallest absolute Gasteiger partial charge is 0.228 e. The lowest BCUT2D eigenvalue weighted by molar-refractivity contribution is 0.0315. The molecule has 8 nitrogen and oxygen atoms in total. The Morgan fingerprint density at radius 2 is 2.07 bits per heavy atom. The molecule has 28 heavy (non-hydrogen) atoms. The van der Waals surface area contributed by atoms with E-state index in [1.807, 2.05) is 0 Å². The topological polar surface area (TPSA) is 79.0 Å². The lowest BCUT2D eigenvalue weighted by Gasteiger charge is -2.29. The molecule has 0 radical (unpaired) electrons. The van der Waals surface area contributed by atoms with Crippen LogP contribution in [0.15, 0.2) is 9.52 Å². The molecule has 1 aromatic heterocycles. The number of guanidine groups is 1. The third-order valence-corrected chi connectivity index (χ3v) is 5.13. The van der Waals surface area contributed by atoms with Crippen molar-refractivity contribution in [2.24, 2.45) is 10.9 Å². The van der Waals surface area contributed by atoms with Gasteiger partial charge in [-0.2, -0.15) is 4.98 Å². The molecule has 3 heterocycles. The molecule has 0 saturated carbocycles. The number of nitrogens with zero attached hydrogens (tertiary/aromatic N) is 5. The summed E-state index contributed by atoms with van der Waals surface area (Å²) in [5.74, 6) is 3.44. The van der Waals surface area contributed by atoms with Gasteiger partial charge in [0, 0.05) is 51.6 Å². The Hall–Kier alpha value is -0.940. The minimum atomic E-state index is 0. The maximum absolute atomic E-state index is 5.45. The molecular weight excluding hydrogens is 471 g/mol. The summed E-state index contributed by atoms with van der Waals surface area (Å²) < 4.78 is 10.8. The van der Waals surface area contributed by atoms with Crippen LogP contribution in [0.5, 0.6) is 0 Å². The van der Waals surface area contributed by atoms with Crippen LogP contribution in [0.2, 0.25) is 0 Å². The van der Waals surface area contributed by atoms with Crippen molar-refractivity contribution in [1.82, 2.24) is 25.3 Å². The molecule has 3 rings (SSSR count). The van der Waals surface area contributed by atoms with Crippen molar-refractivity contribution < 1.29 is 9.26 Å². The van der Waals surface area contributed by atoms with E-state index in [0.29, 0.717) is 24.8 Å². The number of halogens is 1.